The lowest BCUT2D eigenvalue weighted by Crippen LogP contribution is -2.15. The van der Waals surface area contributed by atoms with Gasteiger partial charge in [-0.3, -0.25) is 4.57 Å². The van der Waals surface area contributed by atoms with Gasteiger partial charge in [-0.1, -0.05) is 141 Å². The van der Waals surface area contributed by atoms with Gasteiger partial charge in [-0.25, -0.2) is 4.98 Å². The van der Waals surface area contributed by atoms with Crippen molar-refractivity contribution in [1.29, 1.82) is 0 Å². The second-order valence-electron chi connectivity index (χ2n) is 17.3. The Labute approximate surface area is 373 Å². The van der Waals surface area contributed by atoms with Crippen molar-refractivity contribution in [2.75, 3.05) is 9.80 Å². The van der Waals surface area contributed by atoms with E-state index < -0.39 is 0 Å². The van der Waals surface area contributed by atoms with Gasteiger partial charge in [0, 0.05) is 50.8 Å². The Bertz CT molecular complexity index is 3470. The molecule has 4 heteroatoms. The Morgan fingerprint density at radius 2 is 0.875 bits per heavy atom. The number of rotatable bonds is 8. The average molecular weight is 821 g/mol. The summed E-state index contributed by atoms with van der Waals surface area (Å²) in [5.74, 6) is 0.949. The molecule has 4 nitrogen and oxygen atoms in total. The molecular weight excluding hydrogens is 777 g/mol. The van der Waals surface area contributed by atoms with Crippen molar-refractivity contribution in [3.63, 3.8) is 0 Å². The Morgan fingerprint density at radius 1 is 0.391 bits per heavy atom. The minimum atomic E-state index is -0.198. The third kappa shape index (κ3) is 6.18. The maximum absolute atomic E-state index is 5.32. The molecule has 10 aromatic carbocycles. The molecule has 0 saturated heterocycles. The normalized spacial score (nSPS) is 12.7. The fourth-order valence-electron chi connectivity index (χ4n) is 10.0. The first-order valence-electron chi connectivity index (χ1n) is 22.0. The highest BCUT2D eigenvalue weighted by Gasteiger charge is 2.37. The third-order valence-corrected chi connectivity index (χ3v) is 13.1. The maximum atomic E-state index is 5.32. The molecule has 0 radical (unpaired) electrons. The van der Waals surface area contributed by atoms with Crippen molar-refractivity contribution >= 4 is 66.7 Å². The minimum Gasteiger partial charge on any atom is -0.310 e. The number of hydrogen-bond acceptors (Lipinski definition) is 3. The van der Waals surface area contributed by atoms with Crippen LogP contribution >= 0.6 is 0 Å². The summed E-state index contributed by atoms with van der Waals surface area (Å²) in [6.07, 6.45) is 0. The van der Waals surface area contributed by atoms with Crippen molar-refractivity contribution in [1.82, 2.24) is 9.55 Å². The van der Waals surface area contributed by atoms with Crippen LogP contribution in [0, 0.1) is 0 Å². The second-order valence-corrected chi connectivity index (χ2v) is 17.3. The monoisotopic (exact) mass is 820 g/mol. The summed E-state index contributed by atoms with van der Waals surface area (Å²) in [4.78, 5) is 10.0. The Kier molecular flexibility index (Phi) is 8.80. The lowest BCUT2D eigenvalue weighted by molar-refractivity contribution is 0.662. The number of benzene rings is 10. The molecular formula is C60H44N4. The zero-order valence-corrected chi connectivity index (χ0v) is 35.7. The first kappa shape index (κ1) is 37.5. The summed E-state index contributed by atoms with van der Waals surface area (Å²) in [6.45, 7) is 4.72. The summed E-state index contributed by atoms with van der Waals surface area (Å²) < 4.78 is 2.32. The standard InChI is InChI=1S/C60H44N4/c1-60(2)55-36-43-32-31-42-35-50(63(46-25-14-6-15-26-46)49-30-18-29-48(37-49)62(44-21-10-4-11-22-44)45-23-12-5-13-24-45)33-34-51(42)52(43)38-53(55)54-39-58-57(40-56(54)60)61-59(41-19-8-3-9-20-41)64(58)47-27-16-7-17-28-47/h3-40H,1-2H3. The van der Waals surface area contributed by atoms with Gasteiger partial charge in [0.1, 0.15) is 5.82 Å². The molecule has 1 aromatic heterocycles. The number of aromatic nitrogens is 2. The van der Waals surface area contributed by atoms with Gasteiger partial charge in [-0.2, -0.15) is 0 Å². The molecule has 0 N–H and O–H groups in total. The first-order valence-corrected chi connectivity index (χ1v) is 22.0. The van der Waals surface area contributed by atoms with E-state index in [9.17, 15) is 0 Å². The van der Waals surface area contributed by atoms with E-state index >= 15 is 0 Å². The predicted octanol–water partition coefficient (Wildman–Crippen LogP) is 16.2. The minimum absolute atomic E-state index is 0.198. The quantitative estimate of drug-likeness (QED) is 0.143. The SMILES string of the molecule is CC1(C)c2cc3ccc4cc(N(c5ccccc5)c5cccc(N(c6ccccc6)c6ccccc6)c5)ccc4c3cc2-c2cc3c(cc21)nc(-c1ccccc1)n3-c1ccccc1. The molecule has 0 amide bonds. The summed E-state index contributed by atoms with van der Waals surface area (Å²) in [5.41, 5.74) is 15.9. The topological polar surface area (TPSA) is 24.3 Å². The van der Waals surface area contributed by atoms with Crippen molar-refractivity contribution in [2.45, 2.75) is 19.3 Å². The molecule has 0 bridgehead atoms. The van der Waals surface area contributed by atoms with E-state index in [2.05, 4.69) is 259 Å². The molecule has 304 valence electrons. The van der Waals surface area contributed by atoms with E-state index in [1.165, 1.54) is 43.8 Å². The molecule has 0 unspecified atom stereocenters. The van der Waals surface area contributed by atoms with Crippen molar-refractivity contribution in [2.24, 2.45) is 0 Å². The van der Waals surface area contributed by atoms with Crippen LogP contribution in [-0.4, -0.2) is 9.55 Å². The lowest BCUT2D eigenvalue weighted by Gasteiger charge is -2.29. The van der Waals surface area contributed by atoms with Crippen LogP contribution in [0.5, 0.6) is 0 Å². The molecule has 64 heavy (non-hydrogen) atoms. The van der Waals surface area contributed by atoms with Gasteiger partial charge in [0.15, 0.2) is 0 Å². The largest absolute Gasteiger partial charge is 0.310 e. The molecule has 1 aliphatic carbocycles. The van der Waals surface area contributed by atoms with Gasteiger partial charge in [-0.15, -0.1) is 0 Å². The van der Waals surface area contributed by atoms with E-state index in [4.69, 9.17) is 4.98 Å². The Balaban J connectivity index is 0.998. The number of imidazole rings is 1. The fourth-order valence-corrected chi connectivity index (χ4v) is 10.0. The van der Waals surface area contributed by atoms with E-state index in [-0.39, 0.29) is 5.41 Å². The number of para-hydroxylation sites is 4. The van der Waals surface area contributed by atoms with Crippen LogP contribution in [0.2, 0.25) is 0 Å². The van der Waals surface area contributed by atoms with E-state index in [1.54, 1.807) is 0 Å². The zero-order valence-electron chi connectivity index (χ0n) is 35.7. The smallest absolute Gasteiger partial charge is 0.145 e. The number of fused-ring (bicyclic) bond motifs is 7. The summed E-state index contributed by atoms with van der Waals surface area (Å²) in [5, 5.41) is 4.93. The molecule has 0 fully saturated rings. The number of anilines is 6. The molecule has 1 aliphatic rings. The molecule has 0 spiro atoms. The van der Waals surface area contributed by atoms with Gasteiger partial charge < -0.3 is 9.80 Å². The third-order valence-electron chi connectivity index (χ3n) is 13.1. The predicted molar refractivity (Wildman–Crippen MR) is 268 cm³/mol. The second kappa shape index (κ2) is 15.0. The maximum Gasteiger partial charge on any atom is 0.145 e. The van der Waals surface area contributed by atoms with Crippen LogP contribution in [0.3, 0.4) is 0 Å². The average Bonchev–Trinajstić information content (AvgIpc) is 3.83. The van der Waals surface area contributed by atoms with Crippen LogP contribution < -0.4 is 9.80 Å². The lowest BCUT2D eigenvalue weighted by atomic mass is 9.81. The highest BCUT2D eigenvalue weighted by molar-refractivity contribution is 6.11. The summed E-state index contributed by atoms with van der Waals surface area (Å²) >= 11 is 0. The number of nitrogens with zero attached hydrogens (tertiary/aromatic N) is 4. The van der Waals surface area contributed by atoms with Crippen molar-refractivity contribution in [3.8, 4) is 28.2 Å². The molecule has 1 heterocycles. The fraction of sp³-hybridized carbons (Fsp3) is 0.0500. The van der Waals surface area contributed by atoms with Gasteiger partial charge in [-0.05, 0) is 147 Å². The van der Waals surface area contributed by atoms with Crippen LogP contribution in [-0.2, 0) is 5.41 Å². The first-order chi connectivity index (χ1) is 31.5. The zero-order chi connectivity index (χ0) is 42.8. The van der Waals surface area contributed by atoms with Crippen molar-refractivity contribution < 1.29 is 0 Å². The van der Waals surface area contributed by atoms with Crippen LogP contribution in [0.15, 0.2) is 231 Å². The highest BCUT2D eigenvalue weighted by Crippen LogP contribution is 2.52. The van der Waals surface area contributed by atoms with Crippen LogP contribution in [0.25, 0.3) is 60.8 Å². The van der Waals surface area contributed by atoms with Gasteiger partial charge in [0.05, 0.1) is 11.0 Å². The molecule has 0 atom stereocenters. The Hall–Kier alpha value is -8.21. The summed E-state index contributed by atoms with van der Waals surface area (Å²) in [6, 6.07) is 83.1. The highest BCUT2D eigenvalue weighted by atomic mass is 15.2. The van der Waals surface area contributed by atoms with Gasteiger partial charge in [0.25, 0.3) is 0 Å². The van der Waals surface area contributed by atoms with Gasteiger partial charge >= 0.3 is 0 Å². The van der Waals surface area contributed by atoms with E-state index in [0.29, 0.717) is 0 Å². The van der Waals surface area contributed by atoms with Gasteiger partial charge in [0.2, 0.25) is 0 Å². The van der Waals surface area contributed by atoms with Crippen LogP contribution in [0.4, 0.5) is 34.1 Å². The van der Waals surface area contributed by atoms with Crippen LogP contribution in [0.1, 0.15) is 25.0 Å². The number of hydrogen-bond donors (Lipinski definition) is 0. The summed E-state index contributed by atoms with van der Waals surface area (Å²) in [7, 11) is 0. The molecule has 12 rings (SSSR count). The molecule has 0 saturated carbocycles. The van der Waals surface area contributed by atoms with E-state index in [0.717, 1.165) is 62.2 Å². The molecule has 11 aromatic rings. The van der Waals surface area contributed by atoms with E-state index in [1.807, 2.05) is 0 Å². The molecule has 0 aliphatic heterocycles. The Morgan fingerprint density at radius 3 is 1.48 bits per heavy atom. The van der Waals surface area contributed by atoms with Crippen molar-refractivity contribution in [3.05, 3.63) is 242 Å².